The Morgan fingerprint density at radius 2 is 1.75 bits per heavy atom. The molecule has 0 unspecified atom stereocenters. The molecule has 0 bridgehead atoms. The van der Waals surface area contributed by atoms with Crippen molar-refractivity contribution in [3.63, 3.8) is 0 Å². The molecule has 4 nitrogen and oxygen atoms in total. The average molecular weight is 298 g/mol. The number of ether oxygens (including phenoxy) is 1. The minimum atomic E-state index is -4.34. The number of halogens is 3. The van der Waals surface area contributed by atoms with Gasteiger partial charge in [-0.15, -0.1) is 0 Å². The van der Waals surface area contributed by atoms with Crippen molar-refractivity contribution in [1.29, 1.82) is 0 Å². The minimum Gasteiger partial charge on any atom is -0.370 e. The Bertz CT molecular complexity index is 277. The van der Waals surface area contributed by atoms with Crippen molar-refractivity contribution < 1.29 is 22.7 Å². The summed E-state index contributed by atoms with van der Waals surface area (Å²) in [4.78, 5) is 12.2. The Kier molecular flexibility index (Phi) is 8.80. The van der Waals surface area contributed by atoms with Crippen molar-refractivity contribution in [1.82, 2.24) is 5.32 Å². The predicted octanol–water partition coefficient (Wildman–Crippen LogP) is 2.23. The Hall–Kier alpha value is -0.820. The molecule has 7 heteroatoms. The highest BCUT2D eigenvalue weighted by molar-refractivity contribution is 5.82. The lowest BCUT2D eigenvalue weighted by molar-refractivity contribution is -0.173. The van der Waals surface area contributed by atoms with Gasteiger partial charge in [0.15, 0.2) is 0 Å². The number of hydrogen-bond acceptors (Lipinski definition) is 3. The van der Waals surface area contributed by atoms with Crippen LogP contribution < -0.4 is 11.1 Å². The normalized spacial score (nSPS) is 12.5. The second-order valence-corrected chi connectivity index (χ2v) is 4.91. The molecular formula is C13H25F3N2O2. The van der Waals surface area contributed by atoms with E-state index in [4.69, 9.17) is 5.73 Å². The molecule has 1 amide bonds. The van der Waals surface area contributed by atoms with Crippen molar-refractivity contribution in [3.05, 3.63) is 0 Å². The van der Waals surface area contributed by atoms with E-state index in [0.717, 1.165) is 12.8 Å². The van der Waals surface area contributed by atoms with E-state index in [1.165, 1.54) is 0 Å². The second kappa shape index (κ2) is 9.18. The molecule has 20 heavy (non-hydrogen) atoms. The van der Waals surface area contributed by atoms with E-state index in [1.54, 1.807) is 0 Å². The number of hydrogen-bond donors (Lipinski definition) is 2. The highest BCUT2D eigenvalue weighted by Gasteiger charge is 2.35. The molecular weight excluding hydrogens is 273 g/mol. The fourth-order valence-corrected chi connectivity index (χ4v) is 2.22. The average Bonchev–Trinajstić information content (AvgIpc) is 2.36. The van der Waals surface area contributed by atoms with Crippen molar-refractivity contribution in [2.24, 2.45) is 11.1 Å². The number of carbonyl (C=O) groups is 1. The number of alkyl halides is 3. The van der Waals surface area contributed by atoms with Crippen LogP contribution in [-0.2, 0) is 9.53 Å². The van der Waals surface area contributed by atoms with E-state index in [9.17, 15) is 18.0 Å². The summed E-state index contributed by atoms with van der Waals surface area (Å²) in [5, 5.41) is 2.62. The first kappa shape index (κ1) is 19.2. The van der Waals surface area contributed by atoms with E-state index in [0.29, 0.717) is 12.8 Å². The summed E-state index contributed by atoms with van der Waals surface area (Å²) in [6, 6.07) is 0. The quantitative estimate of drug-likeness (QED) is 0.608. The van der Waals surface area contributed by atoms with E-state index in [-0.39, 0.29) is 25.6 Å². The van der Waals surface area contributed by atoms with Gasteiger partial charge in [-0.1, -0.05) is 26.7 Å². The van der Waals surface area contributed by atoms with Gasteiger partial charge in [0.05, 0.1) is 12.0 Å². The van der Waals surface area contributed by atoms with Gasteiger partial charge in [-0.2, -0.15) is 13.2 Å². The molecule has 0 aliphatic rings. The molecule has 0 spiro atoms. The lowest BCUT2D eigenvalue weighted by atomic mass is 9.78. The third kappa shape index (κ3) is 7.09. The lowest BCUT2D eigenvalue weighted by Crippen LogP contribution is -2.46. The largest absolute Gasteiger partial charge is 0.411 e. The molecule has 0 aromatic rings. The van der Waals surface area contributed by atoms with Crippen LogP contribution in [0.2, 0.25) is 0 Å². The zero-order valence-corrected chi connectivity index (χ0v) is 12.2. The molecule has 120 valence electrons. The van der Waals surface area contributed by atoms with Crippen LogP contribution in [0.4, 0.5) is 13.2 Å². The summed E-state index contributed by atoms with van der Waals surface area (Å²) in [6.07, 6.45) is -1.33. The van der Waals surface area contributed by atoms with Crippen LogP contribution in [0.1, 0.15) is 39.5 Å². The number of nitrogens with one attached hydrogen (secondary N) is 1. The molecule has 0 aliphatic carbocycles. The summed E-state index contributed by atoms with van der Waals surface area (Å²) in [5.74, 6) is -0.195. The van der Waals surface area contributed by atoms with Crippen LogP contribution >= 0.6 is 0 Å². The van der Waals surface area contributed by atoms with Gasteiger partial charge in [-0.3, -0.25) is 4.79 Å². The number of rotatable bonds is 10. The van der Waals surface area contributed by atoms with Crippen molar-refractivity contribution in [2.75, 3.05) is 26.3 Å². The van der Waals surface area contributed by atoms with Crippen LogP contribution in [0.3, 0.4) is 0 Å². The van der Waals surface area contributed by atoms with E-state index < -0.39 is 18.2 Å². The van der Waals surface area contributed by atoms with Crippen molar-refractivity contribution in [3.8, 4) is 0 Å². The van der Waals surface area contributed by atoms with Crippen molar-refractivity contribution in [2.45, 2.75) is 45.7 Å². The SMILES string of the molecule is CCCC(CN)(CCC)C(=O)NCCOCC(F)(F)F. The fraction of sp³-hybridized carbons (Fsp3) is 0.923. The highest BCUT2D eigenvalue weighted by Crippen LogP contribution is 2.28. The van der Waals surface area contributed by atoms with Gasteiger partial charge in [0, 0.05) is 13.1 Å². The lowest BCUT2D eigenvalue weighted by Gasteiger charge is -2.30. The molecule has 3 N–H and O–H groups in total. The Balaban J connectivity index is 4.20. The van der Waals surface area contributed by atoms with Crippen LogP contribution in [0.15, 0.2) is 0 Å². The topological polar surface area (TPSA) is 64.4 Å². The third-order valence-electron chi connectivity index (χ3n) is 3.13. The Morgan fingerprint density at radius 1 is 1.20 bits per heavy atom. The zero-order valence-electron chi connectivity index (χ0n) is 12.2. The Labute approximate surface area is 118 Å². The van der Waals surface area contributed by atoms with Gasteiger partial charge < -0.3 is 15.8 Å². The summed E-state index contributed by atoms with van der Waals surface area (Å²) < 4.78 is 40.0. The van der Waals surface area contributed by atoms with E-state index in [2.05, 4.69) is 10.1 Å². The van der Waals surface area contributed by atoms with Crippen LogP contribution in [0, 0.1) is 5.41 Å². The summed E-state index contributed by atoms with van der Waals surface area (Å²) >= 11 is 0. The minimum absolute atomic E-state index is 0.0596. The molecule has 0 aromatic heterocycles. The van der Waals surface area contributed by atoms with Crippen LogP contribution in [-0.4, -0.2) is 38.4 Å². The standard InChI is InChI=1S/C13H25F3N2O2/c1-3-5-12(9-17,6-4-2)11(19)18-7-8-20-10-13(14,15)16/h3-10,17H2,1-2H3,(H,18,19). The molecule has 0 heterocycles. The van der Waals surface area contributed by atoms with E-state index >= 15 is 0 Å². The maximum Gasteiger partial charge on any atom is 0.411 e. The molecule has 0 fully saturated rings. The first-order chi connectivity index (χ1) is 9.31. The van der Waals surface area contributed by atoms with Gasteiger partial charge in [-0.25, -0.2) is 0 Å². The molecule has 0 radical (unpaired) electrons. The smallest absolute Gasteiger partial charge is 0.370 e. The first-order valence-corrected chi connectivity index (χ1v) is 6.94. The third-order valence-corrected chi connectivity index (χ3v) is 3.13. The molecule has 0 rings (SSSR count). The maximum atomic E-state index is 12.2. The van der Waals surface area contributed by atoms with E-state index in [1.807, 2.05) is 13.8 Å². The highest BCUT2D eigenvalue weighted by atomic mass is 19.4. The fourth-order valence-electron chi connectivity index (χ4n) is 2.22. The van der Waals surface area contributed by atoms with Gasteiger partial charge in [0.25, 0.3) is 0 Å². The molecule has 0 saturated heterocycles. The monoisotopic (exact) mass is 298 g/mol. The van der Waals surface area contributed by atoms with Gasteiger partial charge in [0.1, 0.15) is 6.61 Å². The molecule has 0 aliphatic heterocycles. The Morgan fingerprint density at radius 3 is 2.15 bits per heavy atom. The van der Waals surface area contributed by atoms with Crippen LogP contribution in [0.25, 0.3) is 0 Å². The number of nitrogens with two attached hydrogens (primary N) is 1. The zero-order chi connectivity index (χ0) is 15.6. The summed E-state index contributed by atoms with van der Waals surface area (Å²) in [5.41, 5.74) is 5.11. The summed E-state index contributed by atoms with van der Waals surface area (Å²) in [6.45, 7) is 2.78. The van der Waals surface area contributed by atoms with Gasteiger partial charge in [0.2, 0.25) is 5.91 Å². The van der Waals surface area contributed by atoms with Crippen LogP contribution in [0.5, 0.6) is 0 Å². The van der Waals surface area contributed by atoms with Gasteiger partial charge in [-0.05, 0) is 12.8 Å². The first-order valence-electron chi connectivity index (χ1n) is 6.94. The second-order valence-electron chi connectivity index (χ2n) is 4.91. The van der Waals surface area contributed by atoms with Gasteiger partial charge >= 0.3 is 6.18 Å². The van der Waals surface area contributed by atoms with Crippen molar-refractivity contribution >= 4 is 5.91 Å². The number of carbonyl (C=O) groups excluding carboxylic acids is 1. The predicted molar refractivity (Wildman–Crippen MR) is 71.2 cm³/mol. The molecule has 0 atom stereocenters. The molecule has 0 aromatic carbocycles. The summed E-state index contributed by atoms with van der Waals surface area (Å²) in [7, 11) is 0. The number of amides is 1. The maximum absolute atomic E-state index is 12.2. The molecule has 0 saturated carbocycles.